The molecule has 0 saturated heterocycles. The second kappa shape index (κ2) is 7.13. The Morgan fingerprint density at radius 1 is 0.400 bits per heavy atom. The number of fused-ring (bicyclic) bond motifs is 11. The maximum absolute atomic E-state index is 6.32. The summed E-state index contributed by atoms with van der Waals surface area (Å²) in [6.07, 6.45) is 0. The van der Waals surface area contributed by atoms with E-state index in [9.17, 15) is 0 Å². The maximum Gasteiger partial charge on any atom is 0.137 e. The summed E-state index contributed by atoms with van der Waals surface area (Å²) >= 11 is 0. The van der Waals surface area contributed by atoms with E-state index >= 15 is 0 Å². The molecule has 10 rings (SSSR count). The normalized spacial score (nSPS) is 12.9. The number of benzene rings is 6. The van der Waals surface area contributed by atoms with Crippen LogP contribution in [0.4, 0.5) is 17.1 Å². The van der Waals surface area contributed by atoms with E-state index in [0.717, 1.165) is 72.1 Å². The fraction of sp³-hybridized carbons (Fsp3) is 0. The Balaban J connectivity index is 1.32. The van der Waals surface area contributed by atoms with Gasteiger partial charge in [0.05, 0.1) is 28.1 Å². The SMILES string of the molecule is c1ccc2c(c1)N(c1ccc3oc4ccccc4c3c1)c1cccc3c4cc5c(cc4n-2c13)oc1ccccc15. The van der Waals surface area contributed by atoms with Gasteiger partial charge in [-0.2, -0.15) is 0 Å². The van der Waals surface area contributed by atoms with Crippen molar-refractivity contribution in [1.82, 2.24) is 4.57 Å². The first-order valence-electron chi connectivity index (χ1n) is 13.5. The van der Waals surface area contributed by atoms with Crippen molar-refractivity contribution in [2.75, 3.05) is 4.90 Å². The van der Waals surface area contributed by atoms with Crippen LogP contribution < -0.4 is 4.90 Å². The monoisotopic (exact) mass is 512 g/mol. The van der Waals surface area contributed by atoms with Gasteiger partial charge >= 0.3 is 0 Å². The first-order valence-corrected chi connectivity index (χ1v) is 13.5. The molecule has 0 spiro atoms. The summed E-state index contributed by atoms with van der Waals surface area (Å²) < 4.78 is 14.9. The zero-order chi connectivity index (χ0) is 25.9. The average Bonchev–Trinajstić information content (AvgIpc) is 3.66. The molecule has 0 aliphatic carbocycles. The fourth-order valence-electron chi connectivity index (χ4n) is 6.80. The van der Waals surface area contributed by atoms with Crippen molar-refractivity contribution >= 4 is 82.7 Å². The number of furan rings is 2. The number of para-hydroxylation sites is 5. The lowest BCUT2D eigenvalue weighted by atomic mass is 10.1. The summed E-state index contributed by atoms with van der Waals surface area (Å²) in [7, 11) is 0. The standard InChI is InChI=1S/C36H20N2O2/c1-5-14-32-22(8-1)26-18-21(16-17-34(26)39-32)37-28-11-3-4-12-29(28)38-31-20-35-27(23-9-2-6-15-33(23)40-35)19-25(31)24-10-7-13-30(37)36(24)38/h1-20H. The molecule has 0 atom stereocenters. The minimum atomic E-state index is 0.900. The maximum atomic E-state index is 6.32. The van der Waals surface area contributed by atoms with Crippen molar-refractivity contribution in [2.24, 2.45) is 0 Å². The topological polar surface area (TPSA) is 34.5 Å². The summed E-state index contributed by atoms with van der Waals surface area (Å²) in [6, 6.07) is 42.9. The number of aromatic nitrogens is 1. The quantitative estimate of drug-likeness (QED) is 0.219. The van der Waals surface area contributed by atoms with Gasteiger partial charge in [-0.05, 0) is 54.6 Å². The second-order valence-corrected chi connectivity index (χ2v) is 10.6. The molecule has 4 nitrogen and oxygen atoms in total. The largest absolute Gasteiger partial charge is 0.456 e. The number of hydrogen-bond acceptors (Lipinski definition) is 3. The number of rotatable bonds is 1. The van der Waals surface area contributed by atoms with Gasteiger partial charge in [-0.25, -0.2) is 0 Å². The van der Waals surface area contributed by atoms with Gasteiger partial charge in [-0.15, -0.1) is 0 Å². The highest BCUT2D eigenvalue weighted by Crippen LogP contribution is 2.50. The molecule has 0 unspecified atom stereocenters. The molecule has 4 heterocycles. The molecule has 1 aliphatic rings. The van der Waals surface area contributed by atoms with E-state index in [1.807, 2.05) is 24.3 Å². The molecule has 0 fully saturated rings. The van der Waals surface area contributed by atoms with Crippen molar-refractivity contribution in [3.8, 4) is 5.69 Å². The van der Waals surface area contributed by atoms with Crippen LogP contribution in [0.5, 0.6) is 0 Å². The van der Waals surface area contributed by atoms with Crippen molar-refractivity contribution < 1.29 is 8.83 Å². The van der Waals surface area contributed by atoms with Crippen LogP contribution in [0.1, 0.15) is 0 Å². The van der Waals surface area contributed by atoms with Gasteiger partial charge in [0.2, 0.25) is 0 Å². The molecule has 3 aromatic heterocycles. The summed E-state index contributed by atoms with van der Waals surface area (Å²) in [6.45, 7) is 0. The van der Waals surface area contributed by atoms with E-state index in [4.69, 9.17) is 8.83 Å². The van der Waals surface area contributed by atoms with Gasteiger partial charge in [0.15, 0.2) is 0 Å². The fourth-order valence-corrected chi connectivity index (χ4v) is 6.80. The van der Waals surface area contributed by atoms with Crippen molar-refractivity contribution in [3.63, 3.8) is 0 Å². The van der Waals surface area contributed by atoms with E-state index < -0.39 is 0 Å². The van der Waals surface area contributed by atoms with E-state index in [0.29, 0.717) is 0 Å². The van der Waals surface area contributed by atoms with E-state index in [1.54, 1.807) is 0 Å². The van der Waals surface area contributed by atoms with Crippen LogP contribution in [-0.2, 0) is 0 Å². The van der Waals surface area contributed by atoms with Crippen LogP contribution >= 0.6 is 0 Å². The first kappa shape index (κ1) is 20.5. The lowest BCUT2D eigenvalue weighted by molar-refractivity contribution is 0.668. The number of hydrogen-bond donors (Lipinski definition) is 0. The third-order valence-corrected chi connectivity index (χ3v) is 8.49. The average molecular weight is 513 g/mol. The smallest absolute Gasteiger partial charge is 0.137 e. The third kappa shape index (κ3) is 2.46. The van der Waals surface area contributed by atoms with E-state index in [1.165, 1.54) is 16.3 Å². The summed E-state index contributed by atoms with van der Waals surface area (Å²) in [5, 5.41) is 7.00. The molecule has 0 saturated carbocycles. The van der Waals surface area contributed by atoms with Gasteiger partial charge in [0.25, 0.3) is 0 Å². The Bertz CT molecular complexity index is 2510. The predicted molar refractivity (Wildman–Crippen MR) is 164 cm³/mol. The Morgan fingerprint density at radius 2 is 1.02 bits per heavy atom. The predicted octanol–water partition coefficient (Wildman–Crippen LogP) is 10.4. The molecule has 40 heavy (non-hydrogen) atoms. The summed E-state index contributed by atoms with van der Waals surface area (Å²) in [4.78, 5) is 2.39. The number of nitrogens with zero attached hydrogens (tertiary/aromatic N) is 2. The Hall–Kier alpha value is -5.48. The molecule has 1 aliphatic heterocycles. The van der Waals surface area contributed by atoms with Crippen LogP contribution in [0.25, 0.3) is 71.4 Å². The summed E-state index contributed by atoms with van der Waals surface area (Å²) in [5.74, 6) is 0. The van der Waals surface area contributed by atoms with Crippen LogP contribution in [0.3, 0.4) is 0 Å². The lowest BCUT2D eigenvalue weighted by Gasteiger charge is -2.33. The van der Waals surface area contributed by atoms with Gasteiger partial charge in [0.1, 0.15) is 22.3 Å². The second-order valence-electron chi connectivity index (χ2n) is 10.6. The minimum Gasteiger partial charge on any atom is -0.456 e. The van der Waals surface area contributed by atoms with Gasteiger partial charge in [-0.1, -0.05) is 60.7 Å². The van der Waals surface area contributed by atoms with E-state index in [2.05, 4.69) is 107 Å². The van der Waals surface area contributed by atoms with Crippen molar-refractivity contribution in [2.45, 2.75) is 0 Å². The molecular formula is C36H20N2O2. The Labute approximate surface area is 227 Å². The zero-order valence-electron chi connectivity index (χ0n) is 21.3. The highest BCUT2D eigenvalue weighted by Gasteiger charge is 2.29. The Morgan fingerprint density at radius 3 is 1.85 bits per heavy atom. The molecular weight excluding hydrogens is 492 g/mol. The van der Waals surface area contributed by atoms with Gasteiger partial charge < -0.3 is 18.3 Å². The van der Waals surface area contributed by atoms with Gasteiger partial charge in [-0.3, -0.25) is 0 Å². The molecule has 6 aromatic carbocycles. The molecule has 4 heteroatoms. The van der Waals surface area contributed by atoms with Crippen LogP contribution in [0, 0.1) is 0 Å². The Kier molecular flexibility index (Phi) is 3.65. The third-order valence-electron chi connectivity index (χ3n) is 8.49. The molecule has 0 N–H and O–H groups in total. The van der Waals surface area contributed by atoms with Crippen molar-refractivity contribution in [3.05, 3.63) is 121 Å². The lowest BCUT2D eigenvalue weighted by Crippen LogP contribution is -2.17. The molecule has 186 valence electrons. The molecule has 9 aromatic rings. The van der Waals surface area contributed by atoms with Crippen LogP contribution in [0.2, 0.25) is 0 Å². The van der Waals surface area contributed by atoms with Crippen LogP contribution in [0.15, 0.2) is 130 Å². The molecule has 0 amide bonds. The van der Waals surface area contributed by atoms with Crippen molar-refractivity contribution in [1.29, 1.82) is 0 Å². The molecule has 0 bridgehead atoms. The highest BCUT2D eigenvalue weighted by atomic mass is 16.3. The molecule has 0 radical (unpaired) electrons. The summed E-state index contributed by atoms with van der Waals surface area (Å²) in [5.41, 5.74) is 10.5. The number of anilines is 3. The van der Waals surface area contributed by atoms with Gasteiger partial charge in [0, 0.05) is 44.1 Å². The van der Waals surface area contributed by atoms with E-state index in [-0.39, 0.29) is 0 Å². The zero-order valence-corrected chi connectivity index (χ0v) is 21.3. The highest BCUT2D eigenvalue weighted by molar-refractivity contribution is 6.21. The first-order chi connectivity index (χ1) is 19.8. The minimum absolute atomic E-state index is 0.900. The van der Waals surface area contributed by atoms with Crippen LogP contribution in [-0.4, -0.2) is 4.57 Å².